The number of rotatable bonds is 3. The van der Waals surface area contributed by atoms with Crippen LogP contribution in [-0.4, -0.2) is 34.6 Å². The zero-order valence-corrected chi connectivity index (χ0v) is 20.0. The second-order valence-corrected chi connectivity index (χ2v) is 13.6. The average molecular weight is 428 g/mol. The molecule has 2 heterocycles. The van der Waals surface area contributed by atoms with Gasteiger partial charge in [0.1, 0.15) is 13.8 Å². The van der Waals surface area contributed by atoms with Crippen LogP contribution in [0.25, 0.3) is 11.1 Å². The number of carbonyl (C=O) groups is 1. The molecule has 4 heteroatoms. The highest BCUT2D eigenvalue weighted by molar-refractivity contribution is 7.02. The molecule has 0 fully saturated rings. The number of ether oxygens (including phenoxy) is 1. The van der Waals surface area contributed by atoms with Gasteiger partial charge in [-0.05, 0) is 69.7 Å². The van der Waals surface area contributed by atoms with E-state index in [1.165, 1.54) is 38.3 Å². The first-order valence-corrected chi connectivity index (χ1v) is 14.1. The van der Waals surface area contributed by atoms with E-state index < -0.39 is 8.07 Å². The molecule has 3 aromatic carbocycles. The van der Waals surface area contributed by atoms with Crippen molar-refractivity contribution in [3.8, 4) is 16.9 Å². The molecule has 0 aliphatic carbocycles. The smallest absolute Gasteiger partial charge is 0.192 e. The normalized spacial score (nSPS) is 16.0. The molecule has 0 saturated carbocycles. The van der Waals surface area contributed by atoms with Crippen molar-refractivity contribution in [3.05, 3.63) is 70.8 Å². The second-order valence-electron chi connectivity index (χ2n) is 9.29. The third kappa shape index (κ3) is 2.96. The minimum atomic E-state index is -2.03. The van der Waals surface area contributed by atoms with Gasteiger partial charge in [0.25, 0.3) is 0 Å². The van der Waals surface area contributed by atoms with Crippen LogP contribution < -0.4 is 20.0 Å². The zero-order chi connectivity index (χ0) is 21.9. The Morgan fingerprint density at radius 1 is 0.968 bits per heavy atom. The minimum Gasteiger partial charge on any atom is -0.497 e. The molecule has 0 amide bonds. The molecule has 0 unspecified atom stereocenters. The van der Waals surface area contributed by atoms with Crippen molar-refractivity contribution in [3.63, 3.8) is 0 Å². The molecule has 0 radical (unpaired) electrons. The first-order valence-electron chi connectivity index (χ1n) is 11.1. The van der Waals surface area contributed by atoms with Gasteiger partial charge in [0.05, 0.1) is 7.11 Å². The van der Waals surface area contributed by atoms with E-state index in [4.69, 9.17) is 4.74 Å². The first-order chi connectivity index (χ1) is 14.8. The summed E-state index contributed by atoms with van der Waals surface area (Å²) in [5.74, 6) is 1.07. The van der Waals surface area contributed by atoms with E-state index >= 15 is 0 Å². The summed E-state index contributed by atoms with van der Waals surface area (Å²) in [4.78, 5) is 15.8. The SMILES string of the molecule is CCc1cc(OC)ccc1-c1ccc2c(c1)[Si](C)(C)c1cc3c(cc1C2=O)CCN3C. The highest BCUT2D eigenvalue weighted by atomic mass is 28.3. The number of ketones is 1. The molecule has 31 heavy (non-hydrogen) atoms. The number of anilines is 1. The van der Waals surface area contributed by atoms with E-state index in [2.05, 4.69) is 74.4 Å². The van der Waals surface area contributed by atoms with Gasteiger partial charge in [-0.15, -0.1) is 0 Å². The summed E-state index contributed by atoms with van der Waals surface area (Å²) < 4.78 is 5.43. The van der Waals surface area contributed by atoms with Gasteiger partial charge in [-0.2, -0.15) is 0 Å². The van der Waals surface area contributed by atoms with Gasteiger partial charge in [0.15, 0.2) is 5.78 Å². The van der Waals surface area contributed by atoms with E-state index in [1.54, 1.807) is 7.11 Å². The van der Waals surface area contributed by atoms with Crippen molar-refractivity contribution in [1.29, 1.82) is 0 Å². The Labute approximate surface area is 185 Å². The number of hydrogen-bond donors (Lipinski definition) is 0. The number of hydrogen-bond acceptors (Lipinski definition) is 3. The number of fused-ring (bicyclic) bond motifs is 3. The summed E-state index contributed by atoms with van der Waals surface area (Å²) in [6.45, 7) is 7.98. The number of aryl methyl sites for hydroxylation is 1. The standard InChI is InChI=1S/C27H29NO2Si/c1-6-17-13-20(30-3)8-10-21(17)18-7-9-22-25(15-18)31(4,5)26-16-24-19(11-12-28(24)2)14-23(26)27(22)29/h7-10,13-16H,6,11-12H2,1-5H3. The van der Waals surface area contributed by atoms with Gasteiger partial charge in [0, 0.05) is 30.4 Å². The summed E-state index contributed by atoms with van der Waals surface area (Å²) in [6, 6.07) is 17.3. The molecule has 2 aliphatic rings. The third-order valence-electron chi connectivity index (χ3n) is 7.21. The highest BCUT2D eigenvalue weighted by Crippen LogP contribution is 2.33. The monoisotopic (exact) mass is 427 g/mol. The molecular formula is C27H29NO2Si. The van der Waals surface area contributed by atoms with Gasteiger partial charge in [-0.1, -0.05) is 44.3 Å². The number of likely N-dealkylation sites (N-methyl/N-ethyl adjacent to an activating group) is 1. The Morgan fingerprint density at radius 2 is 1.71 bits per heavy atom. The van der Waals surface area contributed by atoms with E-state index in [0.29, 0.717) is 0 Å². The van der Waals surface area contributed by atoms with Crippen molar-refractivity contribution in [1.82, 2.24) is 0 Å². The molecule has 158 valence electrons. The Kier molecular flexibility index (Phi) is 4.59. The summed E-state index contributed by atoms with van der Waals surface area (Å²) in [5.41, 5.74) is 8.12. The van der Waals surface area contributed by atoms with Crippen molar-refractivity contribution >= 4 is 29.9 Å². The van der Waals surface area contributed by atoms with Crippen molar-refractivity contribution < 1.29 is 9.53 Å². The molecule has 3 nitrogen and oxygen atoms in total. The Bertz CT molecular complexity index is 1230. The van der Waals surface area contributed by atoms with Crippen LogP contribution in [0.5, 0.6) is 5.75 Å². The zero-order valence-electron chi connectivity index (χ0n) is 19.0. The van der Waals surface area contributed by atoms with Crippen molar-refractivity contribution in [2.75, 3.05) is 25.6 Å². The third-order valence-corrected chi connectivity index (χ3v) is 10.7. The maximum Gasteiger partial charge on any atom is 0.192 e. The number of benzene rings is 3. The molecule has 3 aromatic rings. The van der Waals surface area contributed by atoms with E-state index in [-0.39, 0.29) is 5.78 Å². The van der Waals surface area contributed by atoms with Crippen LogP contribution in [0.4, 0.5) is 5.69 Å². The lowest BCUT2D eigenvalue weighted by molar-refractivity contribution is 0.104. The van der Waals surface area contributed by atoms with Crippen LogP contribution >= 0.6 is 0 Å². The van der Waals surface area contributed by atoms with Gasteiger partial charge >= 0.3 is 0 Å². The van der Waals surface area contributed by atoms with Crippen molar-refractivity contribution in [2.24, 2.45) is 0 Å². The molecule has 0 aromatic heterocycles. The van der Waals surface area contributed by atoms with Crippen LogP contribution in [0.15, 0.2) is 48.5 Å². The molecule has 5 rings (SSSR count). The summed E-state index contributed by atoms with van der Waals surface area (Å²) >= 11 is 0. The fourth-order valence-electron chi connectivity index (χ4n) is 5.29. The topological polar surface area (TPSA) is 29.5 Å². The fraction of sp³-hybridized carbons (Fsp3) is 0.296. The predicted octanol–water partition coefficient (Wildman–Crippen LogP) is 4.28. The molecule has 0 bridgehead atoms. The molecule has 0 spiro atoms. The van der Waals surface area contributed by atoms with Gasteiger partial charge < -0.3 is 9.64 Å². The quantitative estimate of drug-likeness (QED) is 0.584. The lowest BCUT2D eigenvalue weighted by atomic mass is 9.94. The van der Waals surface area contributed by atoms with E-state index in [0.717, 1.165) is 36.3 Å². The molecule has 0 N–H and O–H groups in total. The van der Waals surface area contributed by atoms with E-state index in [1.807, 2.05) is 6.07 Å². The summed E-state index contributed by atoms with van der Waals surface area (Å²) in [7, 11) is 1.83. The van der Waals surface area contributed by atoms with Crippen LogP contribution in [-0.2, 0) is 12.8 Å². The van der Waals surface area contributed by atoms with Crippen LogP contribution in [0.2, 0.25) is 13.1 Å². The summed E-state index contributed by atoms with van der Waals surface area (Å²) in [5, 5.41) is 2.53. The summed E-state index contributed by atoms with van der Waals surface area (Å²) in [6.07, 6.45) is 1.96. The Balaban J connectivity index is 1.68. The van der Waals surface area contributed by atoms with E-state index in [9.17, 15) is 4.79 Å². The molecule has 2 aliphatic heterocycles. The largest absolute Gasteiger partial charge is 0.497 e. The van der Waals surface area contributed by atoms with Crippen LogP contribution in [0, 0.1) is 0 Å². The number of methoxy groups -OCH3 is 1. The van der Waals surface area contributed by atoms with Gasteiger partial charge in [-0.3, -0.25) is 4.79 Å². The minimum absolute atomic E-state index is 0.186. The number of carbonyl (C=O) groups excluding carboxylic acids is 1. The lowest BCUT2D eigenvalue weighted by Gasteiger charge is -2.34. The van der Waals surface area contributed by atoms with Crippen LogP contribution in [0.3, 0.4) is 0 Å². The van der Waals surface area contributed by atoms with Crippen molar-refractivity contribution in [2.45, 2.75) is 32.9 Å². The molecule has 0 atom stereocenters. The predicted molar refractivity (Wildman–Crippen MR) is 131 cm³/mol. The lowest BCUT2D eigenvalue weighted by Crippen LogP contribution is -2.59. The van der Waals surface area contributed by atoms with Crippen LogP contribution in [0.1, 0.15) is 34.0 Å². The maximum absolute atomic E-state index is 13.5. The fourth-order valence-corrected chi connectivity index (χ4v) is 8.32. The highest BCUT2D eigenvalue weighted by Gasteiger charge is 2.40. The second kappa shape index (κ2) is 7.09. The number of nitrogens with zero attached hydrogens (tertiary/aromatic N) is 1. The van der Waals surface area contributed by atoms with Gasteiger partial charge in [0.2, 0.25) is 0 Å². The maximum atomic E-state index is 13.5. The Morgan fingerprint density at radius 3 is 2.45 bits per heavy atom. The average Bonchev–Trinajstić information content (AvgIpc) is 3.16. The molecular weight excluding hydrogens is 398 g/mol. The van der Waals surface area contributed by atoms with Gasteiger partial charge in [-0.25, -0.2) is 0 Å². The molecule has 0 saturated heterocycles. The first kappa shape index (κ1) is 20.1. The Hall–Kier alpha value is -2.85.